The van der Waals surface area contributed by atoms with Gasteiger partial charge in [0.2, 0.25) is 25.2 Å². The van der Waals surface area contributed by atoms with E-state index in [4.69, 9.17) is 0 Å². The monoisotopic (exact) mass is 576 g/mol. The lowest BCUT2D eigenvalue weighted by atomic mass is 10.3. The molecule has 1 saturated heterocycles. The van der Waals surface area contributed by atoms with E-state index in [2.05, 4.69) is 159 Å². The van der Waals surface area contributed by atoms with Crippen molar-refractivity contribution in [1.29, 1.82) is 0 Å². The highest BCUT2D eigenvalue weighted by molar-refractivity contribution is 6.79. The second-order valence-corrected chi connectivity index (χ2v) is 24.1. The summed E-state index contributed by atoms with van der Waals surface area (Å²) in [6, 6.07) is 32.2. The van der Waals surface area contributed by atoms with Crippen LogP contribution in [0.15, 0.2) is 91.0 Å². The summed E-state index contributed by atoms with van der Waals surface area (Å²) in [4.78, 5) is 11.9. The van der Waals surface area contributed by atoms with Crippen molar-refractivity contribution in [1.82, 2.24) is 13.7 Å². The number of nitrogens with zero attached hydrogens (tertiary/aromatic N) is 3. The Kier molecular flexibility index (Phi) is 9.74. The van der Waals surface area contributed by atoms with Crippen molar-refractivity contribution in [2.24, 2.45) is 0 Å². The van der Waals surface area contributed by atoms with Crippen molar-refractivity contribution in [3.8, 4) is 0 Å². The lowest BCUT2D eigenvalue weighted by Crippen LogP contribution is -2.61. The summed E-state index contributed by atoms with van der Waals surface area (Å²) in [5.74, 6) is 0. The Morgan fingerprint density at radius 1 is 0.385 bits per heavy atom. The Labute approximate surface area is 239 Å². The fraction of sp³-hybridized carbons (Fsp3) is 0.400. The fourth-order valence-corrected chi connectivity index (χ4v) is 12.6. The molecular weight excluding hydrogens is 529 g/mol. The molecule has 6 nitrogen and oxygen atoms in total. The SMILES string of the molecule is C[Si](C)(Nc1ccccc1)N1CCN([Si](C)(C)Nc2ccccc2)CCN([Si](C)(C)Nc2ccccc2)CC1. The van der Waals surface area contributed by atoms with E-state index >= 15 is 0 Å². The Morgan fingerprint density at radius 2 is 0.590 bits per heavy atom. The van der Waals surface area contributed by atoms with Gasteiger partial charge in [-0.15, -0.1) is 0 Å². The van der Waals surface area contributed by atoms with E-state index in [1.54, 1.807) is 0 Å². The lowest BCUT2D eigenvalue weighted by Gasteiger charge is -2.41. The van der Waals surface area contributed by atoms with Crippen molar-refractivity contribution in [3.63, 3.8) is 0 Å². The van der Waals surface area contributed by atoms with Gasteiger partial charge in [0.1, 0.15) is 0 Å². The van der Waals surface area contributed by atoms with E-state index in [-0.39, 0.29) is 0 Å². The number of anilines is 3. The first-order chi connectivity index (χ1) is 18.6. The molecule has 1 fully saturated rings. The molecule has 3 N–H and O–H groups in total. The maximum atomic E-state index is 3.96. The van der Waals surface area contributed by atoms with Gasteiger partial charge in [0.25, 0.3) is 0 Å². The van der Waals surface area contributed by atoms with E-state index < -0.39 is 25.2 Å². The van der Waals surface area contributed by atoms with Crippen molar-refractivity contribution < 1.29 is 0 Å². The summed E-state index contributed by atoms with van der Waals surface area (Å²) in [6.07, 6.45) is 0. The maximum Gasteiger partial charge on any atom is 0.226 e. The molecule has 0 unspecified atom stereocenters. The van der Waals surface area contributed by atoms with E-state index in [1.807, 2.05) is 0 Å². The largest absolute Gasteiger partial charge is 0.399 e. The minimum Gasteiger partial charge on any atom is -0.399 e. The van der Waals surface area contributed by atoms with Crippen LogP contribution in [0, 0.1) is 0 Å². The van der Waals surface area contributed by atoms with Gasteiger partial charge in [0.05, 0.1) is 0 Å². The quantitative estimate of drug-likeness (QED) is 0.258. The van der Waals surface area contributed by atoms with Crippen molar-refractivity contribution in [2.45, 2.75) is 39.3 Å². The van der Waals surface area contributed by atoms with Gasteiger partial charge >= 0.3 is 0 Å². The Balaban J connectivity index is 1.58. The number of hydrogen-bond donors (Lipinski definition) is 3. The highest BCUT2D eigenvalue weighted by Crippen LogP contribution is 2.22. The molecule has 1 aliphatic heterocycles. The summed E-state index contributed by atoms with van der Waals surface area (Å²) in [5, 5.41) is 0. The second kappa shape index (κ2) is 12.8. The van der Waals surface area contributed by atoms with Gasteiger partial charge in [0.15, 0.2) is 0 Å². The summed E-state index contributed by atoms with van der Waals surface area (Å²) in [5.41, 5.74) is 3.68. The molecule has 0 saturated carbocycles. The van der Waals surface area contributed by atoms with Gasteiger partial charge in [-0.3, -0.25) is 0 Å². The molecule has 210 valence electrons. The van der Waals surface area contributed by atoms with Crippen LogP contribution in [0.2, 0.25) is 39.3 Å². The topological polar surface area (TPSA) is 45.8 Å². The highest BCUT2D eigenvalue weighted by Gasteiger charge is 2.38. The zero-order valence-corrected chi connectivity index (χ0v) is 27.7. The Bertz CT molecular complexity index is 987. The number of nitrogens with one attached hydrogen (secondary N) is 3. The van der Waals surface area contributed by atoms with E-state index in [0.717, 1.165) is 39.3 Å². The molecule has 0 radical (unpaired) electrons. The summed E-state index contributed by atoms with van der Waals surface area (Å²) in [7, 11) is -5.78. The molecular formula is C30H48N6Si3. The molecule has 1 heterocycles. The van der Waals surface area contributed by atoms with E-state index in [9.17, 15) is 0 Å². The lowest BCUT2D eigenvalue weighted by molar-refractivity contribution is 0.367. The average molecular weight is 577 g/mol. The minimum absolute atomic E-state index is 1.08. The van der Waals surface area contributed by atoms with Crippen LogP contribution >= 0.6 is 0 Å². The molecule has 1 aliphatic rings. The highest BCUT2D eigenvalue weighted by atomic mass is 28.4. The summed E-state index contributed by atoms with van der Waals surface area (Å²) in [6.45, 7) is 21.2. The van der Waals surface area contributed by atoms with Crippen LogP contribution < -0.4 is 14.9 Å². The molecule has 0 atom stereocenters. The third-order valence-electron chi connectivity index (χ3n) is 7.96. The Morgan fingerprint density at radius 3 is 0.795 bits per heavy atom. The van der Waals surface area contributed by atoms with Crippen molar-refractivity contribution >= 4 is 42.3 Å². The molecule has 9 heteroatoms. The molecule has 0 aromatic heterocycles. The molecule has 0 amide bonds. The second-order valence-electron chi connectivity index (χ2n) is 12.1. The molecule has 3 aromatic rings. The maximum absolute atomic E-state index is 3.96. The van der Waals surface area contributed by atoms with Gasteiger partial charge < -0.3 is 28.6 Å². The smallest absolute Gasteiger partial charge is 0.226 e. The normalized spacial score (nSPS) is 17.1. The summed E-state index contributed by atoms with van der Waals surface area (Å²) < 4.78 is 8.35. The van der Waals surface area contributed by atoms with Gasteiger partial charge in [-0.2, -0.15) is 0 Å². The van der Waals surface area contributed by atoms with Crippen molar-refractivity contribution in [3.05, 3.63) is 91.0 Å². The van der Waals surface area contributed by atoms with Gasteiger partial charge in [0, 0.05) is 56.3 Å². The first-order valence-electron chi connectivity index (χ1n) is 14.3. The van der Waals surface area contributed by atoms with Gasteiger partial charge in [-0.05, 0) is 75.7 Å². The Hall–Kier alpha value is -2.41. The number of hydrogen-bond acceptors (Lipinski definition) is 6. The van der Waals surface area contributed by atoms with E-state index in [1.165, 1.54) is 17.1 Å². The third-order valence-corrected chi connectivity index (χ3v) is 16.7. The minimum atomic E-state index is -1.93. The van der Waals surface area contributed by atoms with Crippen LogP contribution in [-0.4, -0.2) is 78.2 Å². The fourth-order valence-electron chi connectivity index (χ4n) is 5.60. The molecule has 0 bridgehead atoms. The molecule has 39 heavy (non-hydrogen) atoms. The molecule has 0 spiro atoms. The first-order valence-corrected chi connectivity index (χ1v) is 23.1. The first kappa shape index (κ1) is 29.6. The number of benzene rings is 3. The average Bonchev–Trinajstić information content (AvgIpc) is 3.01. The zero-order valence-electron chi connectivity index (χ0n) is 24.7. The van der Waals surface area contributed by atoms with Crippen LogP contribution in [-0.2, 0) is 0 Å². The third kappa shape index (κ3) is 8.29. The van der Waals surface area contributed by atoms with Crippen LogP contribution in [0.1, 0.15) is 0 Å². The molecule has 4 rings (SSSR count). The van der Waals surface area contributed by atoms with Gasteiger partial charge in [-0.1, -0.05) is 54.6 Å². The van der Waals surface area contributed by atoms with Crippen molar-refractivity contribution in [2.75, 3.05) is 54.2 Å². The standard InChI is InChI=1S/C30H48N6Si3/c1-37(2,31-28-16-10-7-11-17-28)34-22-24-35(38(3,4)32-29-18-12-8-13-19-29)26-27-36(25-23-34)39(5,6)33-30-20-14-9-15-21-30/h7-21,31-33H,22-27H2,1-6H3. The number of para-hydroxylation sites is 3. The zero-order chi connectivity index (χ0) is 27.9. The predicted octanol–water partition coefficient (Wildman–Crippen LogP) is 6.35. The summed E-state index contributed by atoms with van der Waals surface area (Å²) >= 11 is 0. The van der Waals surface area contributed by atoms with Crippen LogP contribution in [0.25, 0.3) is 0 Å². The predicted molar refractivity (Wildman–Crippen MR) is 177 cm³/mol. The van der Waals surface area contributed by atoms with Crippen LogP contribution in [0.5, 0.6) is 0 Å². The van der Waals surface area contributed by atoms with E-state index in [0.29, 0.717) is 0 Å². The van der Waals surface area contributed by atoms with Gasteiger partial charge in [-0.25, -0.2) is 0 Å². The van der Waals surface area contributed by atoms with Crippen LogP contribution in [0.3, 0.4) is 0 Å². The molecule has 3 aromatic carbocycles. The number of rotatable bonds is 9. The molecule has 0 aliphatic carbocycles. The van der Waals surface area contributed by atoms with Crippen LogP contribution in [0.4, 0.5) is 17.1 Å².